The number of rotatable bonds is 64. The monoisotopic (exact) mass is 1110 g/mol. The Labute approximate surface area is 491 Å². The molecule has 0 bridgehead atoms. The van der Waals surface area contributed by atoms with Crippen molar-refractivity contribution in [3.8, 4) is 0 Å². The Hall–Kier alpha value is -2.89. The highest BCUT2D eigenvalue weighted by atomic mass is 16.6. The molecule has 0 saturated carbocycles. The molecule has 0 N–H and O–H groups in total. The van der Waals surface area contributed by atoms with Crippen LogP contribution in [0.4, 0.5) is 0 Å². The molecule has 0 aliphatic rings. The first-order valence-corrected chi connectivity index (χ1v) is 34.8. The highest BCUT2D eigenvalue weighted by molar-refractivity contribution is 5.71. The average molecular weight is 1110 g/mol. The zero-order valence-corrected chi connectivity index (χ0v) is 52.9. The van der Waals surface area contributed by atoms with Crippen LogP contribution in [0.25, 0.3) is 0 Å². The highest BCUT2D eigenvalue weighted by Gasteiger charge is 2.19. The molecule has 79 heavy (non-hydrogen) atoms. The van der Waals surface area contributed by atoms with Gasteiger partial charge in [0.1, 0.15) is 13.2 Å². The summed E-state index contributed by atoms with van der Waals surface area (Å²) in [6.45, 7) is 6.65. The van der Waals surface area contributed by atoms with Crippen LogP contribution in [0, 0.1) is 0 Å². The van der Waals surface area contributed by atoms with Gasteiger partial charge in [-0.2, -0.15) is 0 Å². The Balaban J connectivity index is 4.32. The Morgan fingerprint density at radius 3 is 0.734 bits per heavy atom. The van der Waals surface area contributed by atoms with Gasteiger partial charge in [0.25, 0.3) is 0 Å². The first-order chi connectivity index (χ1) is 39.0. The lowest BCUT2D eigenvalue weighted by Gasteiger charge is -2.18. The largest absolute Gasteiger partial charge is 0.462 e. The topological polar surface area (TPSA) is 78.9 Å². The lowest BCUT2D eigenvalue weighted by Crippen LogP contribution is -2.30. The van der Waals surface area contributed by atoms with E-state index < -0.39 is 6.10 Å². The molecule has 6 nitrogen and oxygen atoms in total. The number of unbranched alkanes of at least 4 members (excludes halogenated alkanes) is 43. The van der Waals surface area contributed by atoms with Crippen molar-refractivity contribution in [2.45, 2.75) is 374 Å². The van der Waals surface area contributed by atoms with Gasteiger partial charge in [-0.05, 0) is 109 Å². The summed E-state index contributed by atoms with van der Waals surface area (Å²) < 4.78 is 17.0. The predicted molar refractivity (Wildman–Crippen MR) is 344 cm³/mol. The van der Waals surface area contributed by atoms with Crippen LogP contribution in [0.15, 0.2) is 60.8 Å². The third-order valence-corrected chi connectivity index (χ3v) is 15.5. The quantitative estimate of drug-likeness (QED) is 0.0261. The maximum Gasteiger partial charge on any atom is 0.306 e. The summed E-state index contributed by atoms with van der Waals surface area (Å²) in [6.07, 6.45) is 86.6. The molecule has 1 atom stereocenters. The molecule has 0 aromatic heterocycles. The van der Waals surface area contributed by atoms with Gasteiger partial charge in [-0.3, -0.25) is 14.4 Å². The van der Waals surface area contributed by atoms with E-state index in [2.05, 4.69) is 81.5 Å². The van der Waals surface area contributed by atoms with Gasteiger partial charge < -0.3 is 14.2 Å². The van der Waals surface area contributed by atoms with Crippen LogP contribution in [0.5, 0.6) is 0 Å². The van der Waals surface area contributed by atoms with Crippen molar-refractivity contribution in [1.29, 1.82) is 0 Å². The number of carbonyl (C=O) groups is 3. The van der Waals surface area contributed by atoms with Crippen LogP contribution in [0.2, 0.25) is 0 Å². The standard InChI is InChI=1S/C73H132O6/c1-4-7-10-13-16-19-22-25-28-31-33-34-35-36-37-38-40-42-45-48-51-54-57-60-63-66-72(75)78-69-70(68-77-71(74)65-62-59-56-53-50-47-44-41-30-27-24-21-18-15-12-9-6-3)79-73(76)67-64-61-58-55-52-49-46-43-39-32-29-26-23-20-17-14-11-8-5-2/h17,20,22,25-27,29-31,33,70H,4-16,18-19,21,23-24,28,32,34-69H2,1-3H3/b20-17-,25-22-,29-26-,30-27-,33-31-. The van der Waals surface area contributed by atoms with Crippen molar-refractivity contribution in [2.24, 2.45) is 0 Å². The first-order valence-electron chi connectivity index (χ1n) is 34.8. The number of esters is 3. The molecule has 6 heteroatoms. The summed E-state index contributed by atoms with van der Waals surface area (Å²) in [7, 11) is 0. The van der Waals surface area contributed by atoms with E-state index >= 15 is 0 Å². The van der Waals surface area contributed by atoms with Crippen LogP contribution < -0.4 is 0 Å². The van der Waals surface area contributed by atoms with Gasteiger partial charge in [-0.1, -0.05) is 300 Å². The SMILES string of the molecule is CCCCC/C=C\C/C=C\CCCCCCCCCCCC(=O)OC(COC(=O)CCCCCCCCC/C=C\CCCCCCCC)COC(=O)CCCCCCCCCCCCCCC/C=C\C/C=C\CCCCCCC. The molecule has 0 aromatic carbocycles. The third-order valence-electron chi connectivity index (χ3n) is 15.5. The van der Waals surface area contributed by atoms with Gasteiger partial charge in [-0.15, -0.1) is 0 Å². The van der Waals surface area contributed by atoms with Gasteiger partial charge in [-0.25, -0.2) is 0 Å². The minimum Gasteiger partial charge on any atom is -0.462 e. The predicted octanol–water partition coefficient (Wildman–Crippen LogP) is 23.9. The summed E-state index contributed by atoms with van der Waals surface area (Å²) in [5.74, 6) is -0.862. The Morgan fingerprint density at radius 1 is 0.253 bits per heavy atom. The third kappa shape index (κ3) is 65.8. The van der Waals surface area contributed by atoms with E-state index in [-0.39, 0.29) is 31.1 Å². The molecule has 0 heterocycles. The van der Waals surface area contributed by atoms with E-state index in [9.17, 15) is 14.4 Å². The average Bonchev–Trinajstić information content (AvgIpc) is 3.45. The zero-order valence-electron chi connectivity index (χ0n) is 52.9. The highest BCUT2D eigenvalue weighted by Crippen LogP contribution is 2.17. The van der Waals surface area contributed by atoms with Crippen molar-refractivity contribution in [3.05, 3.63) is 60.8 Å². The Morgan fingerprint density at radius 2 is 0.456 bits per heavy atom. The zero-order chi connectivity index (χ0) is 57.1. The number of allylic oxidation sites excluding steroid dienone is 10. The molecule has 0 saturated heterocycles. The molecule has 0 fully saturated rings. The summed E-state index contributed by atoms with van der Waals surface area (Å²) in [6, 6.07) is 0. The van der Waals surface area contributed by atoms with Gasteiger partial charge in [0.2, 0.25) is 0 Å². The molecule has 0 amide bonds. The molecular formula is C73H132O6. The van der Waals surface area contributed by atoms with Crippen LogP contribution in [-0.2, 0) is 28.6 Å². The van der Waals surface area contributed by atoms with Crippen LogP contribution in [0.1, 0.15) is 367 Å². The molecule has 0 aliphatic carbocycles. The van der Waals surface area contributed by atoms with Gasteiger partial charge in [0.05, 0.1) is 0 Å². The molecule has 0 spiro atoms. The second-order valence-corrected chi connectivity index (χ2v) is 23.4. The van der Waals surface area contributed by atoms with E-state index in [0.717, 1.165) is 70.6 Å². The number of ether oxygens (including phenoxy) is 3. The summed E-state index contributed by atoms with van der Waals surface area (Å²) in [5, 5.41) is 0. The number of carbonyl (C=O) groups excluding carboxylic acids is 3. The summed E-state index contributed by atoms with van der Waals surface area (Å²) >= 11 is 0. The van der Waals surface area contributed by atoms with Crippen LogP contribution in [0.3, 0.4) is 0 Å². The number of hydrogen-bond donors (Lipinski definition) is 0. The fourth-order valence-electron chi connectivity index (χ4n) is 10.2. The Kier molecular flexibility index (Phi) is 65.1. The molecular weight excluding hydrogens is 973 g/mol. The van der Waals surface area contributed by atoms with Gasteiger partial charge in [0, 0.05) is 19.3 Å². The minimum absolute atomic E-state index is 0.0750. The van der Waals surface area contributed by atoms with Gasteiger partial charge >= 0.3 is 17.9 Å². The number of hydrogen-bond acceptors (Lipinski definition) is 6. The van der Waals surface area contributed by atoms with E-state index in [0.29, 0.717) is 19.3 Å². The van der Waals surface area contributed by atoms with Crippen molar-refractivity contribution in [2.75, 3.05) is 13.2 Å². The van der Waals surface area contributed by atoms with Crippen molar-refractivity contribution < 1.29 is 28.6 Å². The second-order valence-electron chi connectivity index (χ2n) is 23.4. The molecule has 0 aromatic rings. The van der Waals surface area contributed by atoms with E-state index in [4.69, 9.17) is 14.2 Å². The van der Waals surface area contributed by atoms with Crippen molar-refractivity contribution in [1.82, 2.24) is 0 Å². The van der Waals surface area contributed by atoms with Crippen molar-refractivity contribution in [3.63, 3.8) is 0 Å². The fourth-order valence-corrected chi connectivity index (χ4v) is 10.2. The maximum absolute atomic E-state index is 12.9. The van der Waals surface area contributed by atoms with E-state index in [1.165, 1.54) is 257 Å². The van der Waals surface area contributed by atoms with Crippen LogP contribution in [-0.4, -0.2) is 37.2 Å². The first kappa shape index (κ1) is 76.1. The maximum atomic E-state index is 12.9. The smallest absolute Gasteiger partial charge is 0.306 e. The minimum atomic E-state index is -0.780. The molecule has 0 radical (unpaired) electrons. The lowest BCUT2D eigenvalue weighted by atomic mass is 10.0. The second kappa shape index (κ2) is 67.6. The fraction of sp³-hybridized carbons (Fsp3) is 0.822. The lowest BCUT2D eigenvalue weighted by molar-refractivity contribution is -0.167. The van der Waals surface area contributed by atoms with E-state index in [1.54, 1.807) is 0 Å². The van der Waals surface area contributed by atoms with Gasteiger partial charge in [0.15, 0.2) is 6.10 Å². The van der Waals surface area contributed by atoms with Crippen LogP contribution >= 0.6 is 0 Å². The molecule has 1 unspecified atom stereocenters. The van der Waals surface area contributed by atoms with Crippen molar-refractivity contribution >= 4 is 17.9 Å². The summed E-state index contributed by atoms with van der Waals surface area (Å²) in [4.78, 5) is 38.4. The van der Waals surface area contributed by atoms with E-state index in [1.807, 2.05) is 0 Å². The molecule has 0 rings (SSSR count). The molecule has 460 valence electrons. The molecule has 0 aliphatic heterocycles. The normalized spacial score (nSPS) is 12.4. The Bertz CT molecular complexity index is 1410. The summed E-state index contributed by atoms with van der Waals surface area (Å²) in [5.41, 5.74) is 0.